The summed E-state index contributed by atoms with van der Waals surface area (Å²) in [4.78, 5) is 0. The summed E-state index contributed by atoms with van der Waals surface area (Å²) in [5, 5.41) is 0. The molecule has 5 heteroatoms. The van der Waals surface area contributed by atoms with Crippen LogP contribution in [-0.4, -0.2) is 6.61 Å². The van der Waals surface area contributed by atoms with Crippen molar-refractivity contribution in [1.29, 1.82) is 0 Å². The molecule has 3 rings (SSSR count). The Morgan fingerprint density at radius 3 is 1.91 bits per heavy atom. The van der Waals surface area contributed by atoms with E-state index in [1.54, 1.807) is 0 Å². The first-order valence-corrected chi connectivity index (χ1v) is 13.0. The Labute approximate surface area is 197 Å². The van der Waals surface area contributed by atoms with Crippen LogP contribution in [0.1, 0.15) is 96.0 Å². The van der Waals surface area contributed by atoms with Gasteiger partial charge in [0.2, 0.25) is 0 Å². The van der Waals surface area contributed by atoms with E-state index in [4.69, 9.17) is 0 Å². The fourth-order valence-electron chi connectivity index (χ4n) is 6.03. The number of allylic oxidation sites excluding steroid dienone is 2. The highest BCUT2D eigenvalue weighted by molar-refractivity contribution is 5.31. The SMILES string of the molecule is CC/C=C/CCCC1CCC(C2CCC(CCc3cc(F)c(OC(F)F)c(F)c3)CC2)CC1. The summed E-state index contributed by atoms with van der Waals surface area (Å²) in [6, 6.07) is 2.26. The van der Waals surface area contributed by atoms with Crippen LogP contribution in [0.2, 0.25) is 0 Å². The molecule has 1 aromatic rings. The zero-order valence-corrected chi connectivity index (χ0v) is 20.0. The van der Waals surface area contributed by atoms with E-state index in [-0.39, 0.29) is 0 Å². The zero-order valence-electron chi connectivity index (χ0n) is 20.0. The van der Waals surface area contributed by atoms with Gasteiger partial charge in [-0.2, -0.15) is 8.78 Å². The Morgan fingerprint density at radius 2 is 1.39 bits per heavy atom. The molecular weight excluding hydrogens is 428 g/mol. The molecule has 0 N–H and O–H groups in total. The number of aryl methyl sites for hydroxylation is 1. The lowest BCUT2D eigenvalue weighted by Gasteiger charge is -2.38. The first-order valence-electron chi connectivity index (χ1n) is 13.0. The quantitative estimate of drug-likeness (QED) is 0.179. The van der Waals surface area contributed by atoms with E-state index in [0.29, 0.717) is 17.9 Å². The van der Waals surface area contributed by atoms with E-state index in [2.05, 4.69) is 23.8 Å². The average Bonchev–Trinajstić information content (AvgIpc) is 2.81. The Balaban J connectivity index is 1.35. The van der Waals surface area contributed by atoms with Crippen LogP contribution in [0.25, 0.3) is 0 Å². The number of benzene rings is 1. The molecular formula is C28H40F4O. The van der Waals surface area contributed by atoms with Crippen molar-refractivity contribution in [3.8, 4) is 5.75 Å². The number of hydrogen-bond acceptors (Lipinski definition) is 1. The van der Waals surface area contributed by atoms with Crippen molar-refractivity contribution in [2.24, 2.45) is 23.7 Å². The van der Waals surface area contributed by atoms with Gasteiger partial charge in [-0.3, -0.25) is 0 Å². The normalized spacial score (nSPS) is 26.2. The van der Waals surface area contributed by atoms with Crippen LogP contribution in [0.4, 0.5) is 17.6 Å². The van der Waals surface area contributed by atoms with Crippen molar-refractivity contribution in [2.45, 2.75) is 103 Å². The van der Waals surface area contributed by atoms with Gasteiger partial charge in [-0.25, -0.2) is 8.78 Å². The second-order valence-electron chi connectivity index (χ2n) is 10.2. The van der Waals surface area contributed by atoms with Gasteiger partial charge >= 0.3 is 6.61 Å². The highest BCUT2D eigenvalue weighted by Gasteiger charge is 2.30. The Kier molecular flexibility index (Phi) is 10.6. The van der Waals surface area contributed by atoms with Crippen molar-refractivity contribution in [3.05, 3.63) is 41.5 Å². The summed E-state index contributed by atoms with van der Waals surface area (Å²) in [5.41, 5.74) is 0.511. The molecule has 0 radical (unpaired) electrons. The topological polar surface area (TPSA) is 9.23 Å². The number of rotatable bonds is 11. The van der Waals surface area contributed by atoms with Crippen molar-refractivity contribution in [3.63, 3.8) is 0 Å². The van der Waals surface area contributed by atoms with Gasteiger partial charge in [0, 0.05) is 0 Å². The second kappa shape index (κ2) is 13.4. The number of halogens is 4. The summed E-state index contributed by atoms with van der Waals surface area (Å²) >= 11 is 0. The first kappa shape index (κ1) is 26.1. The number of ether oxygens (including phenoxy) is 1. The molecule has 0 unspecified atom stereocenters. The Bertz CT molecular complexity index is 708. The fourth-order valence-corrected chi connectivity index (χ4v) is 6.03. The molecule has 2 saturated carbocycles. The molecule has 0 bridgehead atoms. The smallest absolute Gasteiger partial charge is 0.387 e. The maximum Gasteiger partial charge on any atom is 0.387 e. The van der Waals surface area contributed by atoms with Gasteiger partial charge in [-0.1, -0.05) is 51.2 Å². The van der Waals surface area contributed by atoms with Crippen LogP contribution in [0.3, 0.4) is 0 Å². The summed E-state index contributed by atoms with van der Waals surface area (Å²) in [5.74, 6) is 0.132. The minimum Gasteiger partial charge on any atom is -0.429 e. The molecule has 0 amide bonds. The van der Waals surface area contributed by atoms with E-state index in [1.807, 2.05) is 0 Å². The van der Waals surface area contributed by atoms with Crippen LogP contribution in [0.5, 0.6) is 5.75 Å². The molecule has 0 atom stereocenters. The Morgan fingerprint density at radius 1 is 0.848 bits per heavy atom. The zero-order chi connectivity index (χ0) is 23.6. The van der Waals surface area contributed by atoms with E-state index >= 15 is 0 Å². The lowest BCUT2D eigenvalue weighted by molar-refractivity contribution is -0.0546. The molecule has 1 nitrogen and oxygen atoms in total. The third-order valence-corrected chi connectivity index (χ3v) is 7.94. The molecule has 2 aliphatic carbocycles. The van der Waals surface area contributed by atoms with Gasteiger partial charge in [0.05, 0.1) is 0 Å². The van der Waals surface area contributed by atoms with Crippen molar-refractivity contribution < 1.29 is 22.3 Å². The molecule has 0 spiro atoms. The monoisotopic (exact) mass is 468 g/mol. The summed E-state index contributed by atoms with van der Waals surface area (Å²) < 4.78 is 56.4. The molecule has 0 aliphatic heterocycles. The highest BCUT2D eigenvalue weighted by atomic mass is 19.3. The van der Waals surface area contributed by atoms with Crippen molar-refractivity contribution >= 4 is 0 Å². The first-order chi connectivity index (χ1) is 16.0. The van der Waals surface area contributed by atoms with Gasteiger partial charge in [0.15, 0.2) is 17.4 Å². The van der Waals surface area contributed by atoms with E-state index < -0.39 is 24.0 Å². The molecule has 1 aromatic carbocycles. The maximum absolute atomic E-state index is 13.9. The molecule has 33 heavy (non-hydrogen) atoms. The van der Waals surface area contributed by atoms with Crippen LogP contribution in [0.15, 0.2) is 24.3 Å². The molecule has 0 aromatic heterocycles. The minimum atomic E-state index is -3.24. The van der Waals surface area contributed by atoms with E-state index in [1.165, 1.54) is 70.6 Å². The van der Waals surface area contributed by atoms with E-state index in [0.717, 1.165) is 42.7 Å². The number of hydrogen-bond donors (Lipinski definition) is 0. The molecule has 0 saturated heterocycles. The van der Waals surface area contributed by atoms with E-state index in [9.17, 15) is 17.6 Å². The van der Waals surface area contributed by atoms with Crippen LogP contribution >= 0.6 is 0 Å². The summed E-state index contributed by atoms with van der Waals surface area (Å²) in [6.07, 6.45) is 21.6. The van der Waals surface area contributed by atoms with Gasteiger partial charge in [0.1, 0.15) is 0 Å². The fraction of sp³-hybridized carbons (Fsp3) is 0.714. The van der Waals surface area contributed by atoms with Crippen LogP contribution in [0, 0.1) is 35.3 Å². The lowest BCUT2D eigenvalue weighted by Crippen LogP contribution is -2.26. The largest absolute Gasteiger partial charge is 0.429 e. The number of unbranched alkanes of at least 4 members (excludes halogenated alkanes) is 1. The van der Waals surface area contributed by atoms with Crippen molar-refractivity contribution in [2.75, 3.05) is 0 Å². The van der Waals surface area contributed by atoms with Gasteiger partial charge < -0.3 is 4.74 Å². The van der Waals surface area contributed by atoms with Gasteiger partial charge in [-0.15, -0.1) is 0 Å². The Hall–Kier alpha value is -1.52. The highest BCUT2D eigenvalue weighted by Crippen LogP contribution is 2.43. The standard InChI is InChI=1S/C28H40F4O/c1-2-3-4-5-6-7-20-10-14-23(15-11-20)24-16-12-21(13-17-24)8-9-22-18-25(29)27(26(30)19-22)33-28(31)32/h3-4,18-21,23-24,28H,2,5-17H2,1H3/b4-3+. The predicted molar refractivity (Wildman–Crippen MR) is 125 cm³/mol. The van der Waals surface area contributed by atoms with Gasteiger partial charge in [-0.05, 0) is 99.2 Å². The van der Waals surface area contributed by atoms with Crippen LogP contribution in [-0.2, 0) is 6.42 Å². The molecule has 2 fully saturated rings. The molecule has 186 valence electrons. The third kappa shape index (κ3) is 8.33. The second-order valence-corrected chi connectivity index (χ2v) is 10.2. The predicted octanol–water partition coefficient (Wildman–Crippen LogP) is 9.25. The maximum atomic E-state index is 13.9. The van der Waals surface area contributed by atoms with Crippen molar-refractivity contribution in [1.82, 2.24) is 0 Å². The minimum absolute atomic E-state index is 0.511. The summed E-state index contributed by atoms with van der Waals surface area (Å²) in [7, 11) is 0. The molecule has 0 heterocycles. The average molecular weight is 469 g/mol. The summed E-state index contributed by atoms with van der Waals surface area (Å²) in [6.45, 7) is -1.05. The third-order valence-electron chi connectivity index (χ3n) is 7.94. The van der Waals surface area contributed by atoms with Gasteiger partial charge in [0.25, 0.3) is 0 Å². The number of alkyl halides is 2. The van der Waals surface area contributed by atoms with Crippen LogP contribution < -0.4 is 4.74 Å². The lowest BCUT2D eigenvalue weighted by atomic mass is 9.68. The molecule has 2 aliphatic rings.